The van der Waals surface area contributed by atoms with Crippen LogP contribution in [0, 0.1) is 20.8 Å². The third-order valence-electron chi connectivity index (χ3n) is 3.03. The Morgan fingerprint density at radius 1 is 1.17 bits per heavy atom. The van der Waals surface area contributed by atoms with Crippen LogP contribution < -0.4 is 5.32 Å². The van der Waals surface area contributed by atoms with E-state index in [4.69, 9.17) is 0 Å². The molecule has 0 aliphatic rings. The highest BCUT2D eigenvalue weighted by Gasteiger charge is 2.14. The van der Waals surface area contributed by atoms with Gasteiger partial charge in [0.2, 0.25) is 0 Å². The lowest BCUT2D eigenvalue weighted by Gasteiger charge is -2.18. The van der Waals surface area contributed by atoms with Gasteiger partial charge in [-0.1, -0.05) is 17.7 Å². The van der Waals surface area contributed by atoms with E-state index < -0.39 is 0 Å². The average Bonchev–Trinajstić information content (AvgIpc) is 2.68. The zero-order valence-corrected chi connectivity index (χ0v) is 11.8. The average molecular weight is 261 g/mol. The molecule has 0 bridgehead atoms. The van der Waals surface area contributed by atoms with Gasteiger partial charge in [0.15, 0.2) is 0 Å². The maximum atomic E-state index is 9.57. The van der Waals surface area contributed by atoms with Crippen molar-refractivity contribution in [1.82, 2.24) is 0 Å². The van der Waals surface area contributed by atoms with Crippen molar-refractivity contribution in [3.63, 3.8) is 0 Å². The third-order valence-corrected chi connectivity index (χ3v) is 4.01. The summed E-state index contributed by atoms with van der Waals surface area (Å²) in [6.45, 7) is 6.37. The standard InChI is InChI=1S/C15H19NOS/c1-10-4-6-13(7-5-10)16-15(9-17)14-8-11(2)18-12(14)3/h4-8,15-17H,9H2,1-3H3. The van der Waals surface area contributed by atoms with Gasteiger partial charge >= 0.3 is 0 Å². The van der Waals surface area contributed by atoms with Gasteiger partial charge in [0.1, 0.15) is 0 Å². The van der Waals surface area contributed by atoms with E-state index in [1.165, 1.54) is 20.9 Å². The van der Waals surface area contributed by atoms with Crippen LogP contribution in [-0.4, -0.2) is 11.7 Å². The van der Waals surface area contributed by atoms with Crippen LogP contribution in [0.3, 0.4) is 0 Å². The summed E-state index contributed by atoms with van der Waals surface area (Å²) in [5, 5.41) is 13.0. The Balaban J connectivity index is 2.19. The maximum absolute atomic E-state index is 9.57. The molecule has 0 saturated heterocycles. The molecule has 96 valence electrons. The number of aryl methyl sites for hydroxylation is 3. The number of rotatable bonds is 4. The van der Waals surface area contributed by atoms with Crippen LogP contribution in [0.1, 0.15) is 26.9 Å². The number of hydrogen-bond acceptors (Lipinski definition) is 3. The topological polar surface area (TPSA) is 32.3 Å². The molecule has 1 heterocycles. The van der Waals surface area contributed by atoms with Gasteiger partial charge in [-0.15, -0.1) is 11.3 Å². The zero-order chi connectivity index (χ0) is 13.1. The van der Waals surface area contributed by atoms with E-state index >= 15 is 0 Å². The molecular weight excluding hydrogens is 242 g/mol. The molecule has 0 fully saturated rings. The first-order valence-electron chi connectivity index (χ1n) is 6.11. The third kappa shape index (κ3) is 2.92. The minimum Gasteiger partial charge on any atom is -0.394 e. The lowest BCUT2D eigenvalue weighted by Crippen LogP contribution is -2.14. The van der Waals surface area contributed by atoms with Gasteiger partial charge in [-0.25, -0.2) is 0 Å². The first kappa shape index (κ1) is 13.1. The number of aliphatic hydroxyl groups excluding tert-OH is 1. The Morgan fingerprint density at radius 3 is 2.33 bits per heavy atom. The van der Waals surface area contributed by atoms with Gasteiger partial charge < -0.3 is 10.4 Å². The van der Waals surface area contributed by atoms with Crippen LogP contribution in [0.5, 0.6) is 0 Å². The van der Waals surface area contributed by atoms with E-state index in [9.17, 15) is 5.11 Å². The largest absolute Gasteiger partial charge is 0.394 e. The molecule has 1 unspecified atom stereocenters. The van der Waals surface area contributed by atoms with E-state index in [1.54, 1.807) is 11.3 Å². The van der Waals surface area contributed by atoms with Gasteiger partial charge in [-0.05, 0) is 44.5 Å². The first-order chi connectivity index (χ1) is 8.60. The van der Waals surface area contributed by atoms with Crippen LogP contribution in [0.4, 0.5) is 5.69 Å². The molecule has 3 heteroatoms. The molecule has 2 N–H and O–H groups in total. The summed E-state index contributed by atoms with van der Waals surface area (Å²) >= 11 is 1.77. The highest BCUT2D eigenvalue weighted by molar-refractivity contribution is 7.12. The first-order valence-corrected chi connectivity index (χ1v) is 6.93. The number of thiophene rings is 1. The predicted molar refractivity (Wildman–Crippen MR) is 78.4 cm³/mol. The quantitative estimate of drug-likeness (QED) is 0.877. The number of anilines is 1. The number of hydrogen-bond donors (Lipinski definition) is 2. The summed E-state index contributed by atoms with van der Waals surface area (Å²) in [7, 11) is 0. The van der Waals surface area contributed by atoms with Crippen LogP contribution in [0.15, 0.2) is 30.3 Å². The number of aliphatic hydroxyl groups is 1. The van der Waals surface area contributed by atoms with Gasteiger partial charge in [0.05, 0.1) is 12.6 Å². The van der Waals surface area contributed by atoms with Crippen molar-refractivity contribution in [2.45, 2.75) is 26.8 Å². The second-order valence-electron chi connectivity index (χ2n) is 4.61. The summed E-state index contributed by atoms with van der Waals surface area (Å²) < 4.78 is 0. The van der Waals surface area contributed by atoms with Crippen LogP contribution in [0.25, 0.3) is 0 Å². The molecule has 0 radical (unpaired) electrons. The van der Waals surface area contributed by atoms with Gasteiger partial charge in [-0.3, -0.25) is 0 Å². The lowest BCUT2D eigenvalue weighted by molar-refractivity contribution is 0.276. The van der Waals surface area contributed by atoms with E-state index in [0.717, 1.165) is 5.69 Å². The molecule has 2 nitrogen and oxygen atoms in total. The fourth-order valence-electron chi connectivity index (χ4n) is 2.07. The molecule has 2 rings (SSSR count). The SMILES string of the molecule is Cc1ccc(NC(CO)c2cc(C)sc2C)cc1. The minimum atomic E-state index is -0.0299. The predicted octanol–water partition coefficient (Wildman–Crippen LogP) is 3.82. The number of nitrogens with one attached hydrogen (secondary N) is 1. The molecule has 0 aliphatic carbocycles. The van der Waals surface area contributed by atoms with Crippen molar-refractivity contribution in [3.8, 4) is 0 Å². The molecule has 18 heavy (non-hydrogen) atoms. The second-order valence-corrected chi connectivity index (χ2v) is 6.07. The Bertz CT molecular complexity index is 516. The second kappa shape index (κ2) is 5.55. The summed E-state index contributed by atoms with van der Waals surface area (Å²) in [6.07, 6.45) is 0. The molecule has 1 aromatic carbocycles. The Morgan fingerprint density at radius 2 is 1.83 bits per heavy atom. The van der Waals surface area contributed by atoms with Crippen molar-refractivity contribution < 1.29 is 5.11 Å². The van der Waals surface area contributed by atoms with Crippen molar-refractivity contribution >= 4 is 17.0 Å². The Labute approximate surface area is 112 Å². The molecular formula is C15H19NOS. The number of benzene rings is 1. The van der Waals surface area contributed by atoms with E-state index in [-0.39, 0.29) is 12.6 Å². The highest BCUT2D eigenvalue weighted by atomic mass is 32.1. The monoisotopic (exact) mass is 261 g/mol. The van der Waals surface area contributed by atoms with Crippen LogP contribution in [0.2, 0.25) is 0 Å². The van der Waals surface area contributed by atoms with Crippen LogP contribution >= 0.6 is 11.3 Å². The molecule has 1 aromatic heterocycles. The molecule has 1 atom stereocenters. The summed E-state index contributed by atoms with van der Waals surface area (Å²) in [6, 6.07) is 10.4. The summed E-state index contributed by atoms with van der Waals surface area (Å²) in [5.41, 5.74) is 3.48. The molecule has 0 amide bonds. The van der Waals surface area contributed by atoms with Crippen molar-refractivity contribution in [1.29, 1.82) is 0 Å². The van der Waals surface area contributed by atoms with E-state index in [0.29, 0.717) is 0 Å². The molecule has 0 aliphatic heterocycles. The molecule has 0 saturated carbocycles. The maximum Gasteiger partial charge on any atom is 0.0755 e. The smallest absolute Gasteiger partial charge is 0.0755 e. The fraction of sp³-hybridized carbons (Fsp3) is 0.333. The van der Waals surface area contributed by atoms with Gasteiger partial charge in [0, 0.05) is 15.4 Å². The minimum absolute atomic E-state index is 0.0299. The molecule has 2 aromatic rings. The van der Waals surface area contributed by atoms with Crippen LogP contribution in [-0.2, 0) is 0 Å². The Kier molecular flexibility index (Phi) is 4.04. The van der Waals surface area contributed by atoms with Gasteiger partial charge in [0.25, 0.3) is 0 Å². The van der Waals surface area contributed by atoms with Gasteiger partial charge in [-0.2, -0.15) is 0 Å². The molecule has 0 spiro atoms. The fourth-order valence-corrected chi connectivity index (χ4v) is 3.06. The normalized spacial score (nSPS) is 12.4. The lowest BCUT2D eigenvalue weighted by atomic mass is 10.1. The van der Waals surface area contributed by atoms with Crippen molar-refractivity contribution in [2.75, 3.05) is 11.9 Å². The van der Waals surface area contributed by atoms with Crippen molar-refractivity contribution in [3.05, 3.63) is 51.2 Å². The Hall–Kier alpha value is -1.32. The zero-order valence-electron chi connectivity index (χ0n) is 11.0. The summed E-state index contributed by atoms with van der Waals surface area (Å²) in [5.74, 6) is 0. The highest BCUT2D eigenvalue weighted by Crippen LogP contribution is 2.28. The summed E-state index contributed by atoms with van der Waals surface area (Å²) in [4.78, 5) is 2.55. The van der Waals surface area contributed by atoms with Crippen molar-refractivity contribution in [2.24, 2.45) is 0 Å². The van der Waals surface area contributed by atoms with E-state index in [2.05, 4.69) is 44.3 Å². The van der Waals surface area contributed by atoms with E-state index in [1.807, 2.05) is 12.1 Å².